The number of aromatic nitrogens is 2. The summed E-state index contributed by atoms with van der Waals surface area (Å²) in [5.41, 5.74) is -0.0828. The molecule has 0 radical (unpaired) electrons. The van der Waals surface area contributed by atoms with Gasteiger partial charge in [-0.25, -0.2) is 9.18 Å². The molecule has 1 aromatic carbocycles. The van der Waals surface area contributed by atoms with Crippen LogP contribution in [0.4, 0.5) is 9.18 Å². The Kier molecular flexibility index (Phi) is 3.43. The zero-order chi connectivity index (χ0) is 17.2. The quantitative estimate of drug-likeness (QED) is 0.733. The number of carbonyl (C=O) groups excluding carboxylic acids is 1. The molecule has 0 bridgehead atoms. The minimum atomic E-state index is -0.478. The van der Waals surface area contributed by atoms with Crippen molar-refractivity contribution in [2.45, 2.75) is 32.4 Å². The van der Waals surface area contributed by atoms with E-state index in [-0.39, 0.29) is 18.0 Å². The van der Waals surface area contributed by atoms with E-state index in [1.807, 2.05) is 37.7 Å². The summed E-state index contributed by atoms with van der Waals surface area (Å²) in [5.74, 6) is 0.427. The number of carbonyl (C=O) groups is 1. The van der Waals surface area contributed by atoms with Crippen LogP contribution in [0.5, 0.6) is 0 Å². The van der Waals surface area contributed by atoms with Crippen LogP contribution in [0.25, 0.3) is 10.9 Å². The summed E-state index contributed by atoms with van der Waals surface area (Å²) in [7, 11) is 0. The second-order valence-corrected chi connectivity index (χ2v) is 8.55. The Morgan fingerprint density at radius 1 is 1.33 bits per heavy atom. The van der Waals surface area contributed by atoms with Gasteiger partial charge in [-0.05, 0) is 32.9 Å². The second kappa shape index (κ2) is 5.18. The number of hydrogen-bond acceptors (Lipinski definition) is 3. The molecule has 4 rings (SSSR count). The summed E-state index contributed by atoms with van der Waals surface area (Å²) in [6, 6.07) is 3.54. The summed E-state index contributed by atoms with van der Waals surface area (Å²) in [6.07, 6.45) is 1.64. The lowest BCUT2D eigenvalue weighted by Gasteiger charge is -2.25. The summed E-state index contributed by atoms with van der Waals surface area (Å²) in [5, 5.41) is 5.20. The molecule has 1 aliphatic carbocycles. The van der Waals surface area contributed by atoms with Gasteiger partial charge in [0.15, 0.2) is 5.82 Å². The highest BCUT2D eigenvalue weighted by atomic mass is 79.9. The third kappa shape index (κ3) is 2.68. The number of piperidine rings is 1. The maximum absolute atomic E-state index is 14.0. The SMILES string of the molecule is CC(C)(C)OC(=O)N1CC2C(C1)C2n1cc2cc(Br)cc(F)c2n1. The van der Waals surface area contributed by atoms with E-state index < -0.39 is 5.60 Å². The van der Waals surface area contributed by atoms with Crippen LogP contribution in [-0.4, -0.2) is 39.5 Å². The highest BCUT2D eigenvalue weighted by Gasteiger charge is 2.58. The molecule has 1 aromatic heterocycles. The van der Waals surface area contributed by atoms with Crippen LogP contribution in [0, 0.1) is 17.7 Å². The van der Waals surface area contributed by atoms with Crippen LogP contribution in [0.15, 0.2) is 22.8 Å². The lowest BCUT2D eigenvalue weighted by Crippen LogP contribution is -2.37. The maximum atomic E-state index is 14.0. The largest absolute Gasteiger partial charge is 0.444 e. The molecule has 1 amide bonds. The van der Waals surface area contributed by atoms with Crippen LogP contribution in [0.2, 0.25) is 0 Å². The van der Waals surface area contributed by atoms with Gasteiger partial charge in [0.1, 0.15) is 11.1 Å². The number of fused-ring (bicyclic) bond motifs is 2. The molecule has 0 N–H and O–H groups in total. The Bertz CT molecular complexity index is 817. The zero-order valence-electron chi connectivity index (χ0n) is 13.8. The second-order valence-electron chi connectivity index (χ2n) is 7.64. The monoisotopic (exact) mass is 395 g/mol. The molecule has 2 atom stereocenters. The van der Waals surface area contributed by atoms with E-state index >= 15 is 0 Å². The van der Waals surface area contributed by atoms with Crippen LogP contribution >= 0.6 is 15.9 Å². The summed E-state index contributed by atoms with van der Waals surface area (Å²) in [4.78, 5) is 13.9. The van der Waals surface area contributed by atoms with Crippen LogP contribution in [0.3, 0.4) is 0 Å². The highest BCUT2D eigenvalue weighted by Crippen LogP contribution is 2.55. The van der Waals surface area contributed by atoms with Crippen LogP contribution in [0.1, 0.15) is 26.8 Å². The van der Waals surface area contributed by atoms with Gasteiger partial charge in [0.2, 0.25) is 0 Å². The Morgan fingerprint density at radius 3 is 2.62 bits per heavy atom. The Morgan fingerprint density at radius 2 is 2.00 bits per heavy atom. The van der Waals surface area contributed by atoms with Crippen molar-refractivity contribution in [1.29, 1.82) is 0 Å². The number of likely N-dealkylation sites (tertiary alicyclic amines) is 1. The lowest BCUT2D eigenvalue weighted by atomic mass is 10.2. The molecule has 128 valence electrons. The fourth-order valence-corrected chi connectivity index (χ4v) is 4.04. The average Bonchev–Trinajstić information content (AvgIpc) is 2.85. The van der Waals surface area contributed by atoms with Crippen molar-refractivity contribution in [2.24, 2.45) is 11.8 Å². The molecule has 0 spiro atoms. The van der Waals surface area contributed by atoms with Gasteiger partial charge in [0.05, 0.1) is 6.04 Å². The van der Waals surface area contributed by atoms with Crippen molar-refractivity contribution in [3.05, 3.63) is 28.6 Å². The van der Waals surface area contributed by atoms with E-state index in [4.69, 9.17) is 4.74 Å². The summed E-state index contributed by atoms with van der Waals surface area (Å²) in [6.45, 7) is 6.95. The molecule has 5 nitrogen and oxygen atoms in total. The molecule has 1 saturated carbocycles. The highest BCUT2D eigenvalue weighted by molar-refractivity contribution is 9.10. The molecule has 2 aromatic rings. The fourth-order valence-electron chi connectivity index (χ4n) is 3.59. The van der Waals surface area contributed by atoms with Crippen molar-refractivity contribution in [3.8, 4) is 0 Å². The lowest BCUT2D eigenvalue weighted by molar-refractivity contribution is 0.0266. The number of rotatable bonds is 1. The Hall–Kier alpha value is -1.63. The molecule has 7 heteroatoms. The standard InChI is InChI=1S/C17H19BrFN3O2/c1-17(2,3)24-16(23)21-7-11-12(8-21)15(11)22-6-9-4-10(18)5-13(19)14(9)20-22/h4-6,11-12,15H,7-8H2,1-3H3. The van der Waals surface area contributed by atoms with Crippen molar-refractivity contribution in [3.63, 3.8) is 0 Å². The molecular formula is C17H19BrFN3O2. The number of hydrogen-bond donors (Lipinski definition) is 0. The van der Waals surface area contributed by atoms with Gasteiger partial charge in [-0.2, -0.15) is 5.10 Å². The average molecular weight is 396 g/mol. The fraction of sp³-hybridized carbons (Fsp3) is 0.529. The molecule has 24 heavy (non-hydrogen) atoms. The van der Waals surface area contributed by atoms with Crippen LogP contribution in [-0.2, 0) is 4.74 Å². The topological polar surface area (TPSA) is 47.4 Å². The molecule has 2 aliphatic rings. The van der Waals surface area contributed by atoms with Crippen molar-refractivity contribution in [1.82, 2.24) is 14.7 Å². The smallest absolute Gasteiger partial charge is 0.410 e. The maximum Gasteiger partial charge on any atom is 0.410 e. The minimum absolute atomic E-state index is 0.245. The van der Waals surface area contributed by atoms with Gasteiger partial charge in [-0.1, -0.05) is 15.9 Å². The van der Waals surface area contributed by atoms with Gasteiger partial charge in [-0.15, -0.1) is 0 Å². The number of benzene rings is 1. The van der Waals surface area contributed by atoms with E-state index in [9.17, 15) is 9.18 Å². The first-order chi connectivity index (χ1) is 11.2. The third-order valence-corrected chi connectivity index (χ3v) is 5.11. The van der Waals surface area contributed by atoms with Crippen molar-refractivity contribution >= 4 is 32.9 Å². The van der Waals surface area contributed by atoms with E-state index in [0.29, 0.717) is 34.9 Å². The predicted molar refractivity (Wildman–Crippen MR) is 91.2 cm³/mol. The van der Waals surface area contributed by atoms with Crippen LogP contribution < -0.4 is 0 Å². The Balaban J connectivity index is 1.47. The van der Waals surface area contributed by atoms with Gasteiger partial charge in [0, 0.05) is 41.0 Å². The number of amides is 1. The van der Waals surface area contributed by atoms with Crippen molar-refractivity contribution < 1.29 is 13.9 Å². The Labute approximate surface area is 147 Å². The van der Waals surface area contributed by atoms with Gasteiger partial charge in [-0.3, -0.25) is 4.68 Å². The van der Waals surface area contributed by atoms with Gasteiger partial charge in [0.25, 0.3) is 0 Å². The molecule has 1 saturated heterocycles. The first-order valence-electron chi connectivity index (χ1n) is 8.05. The summed E-state index contributed by atoms with van der Waals surface area (Å²) >= 11 is 3.31. The normalized spacial score (nSPS) is 25.9. The predicted octanol–water partition coefficient (Wildman–Crippen LogP) is 3.98. The first kappa shape index (κ1) is 15.9. The molecule has 2 unspecified atom stereocenters. The number of ether oxygens (including phenoxy) is 1. The molecule has 1 aliphatic heterocycles. The van der Waals surface area contributed by atoms with E-state index in [2.05, 4.69) is 21.0 Å². The molecule has 2 fully saturated rings. The zero-order valence-corrected chi connectivity index (χ0v) is 15.4. The number of halogens is 2. The van der Waals surface area contributed by atoms with Crippen molar-refractivity contribution in [2.75, 3.05) is 13.1 Å². The molecular weight excluding hydrogens is 377 g/mol. The van der Waals surface area contributed by atoms with Gasteiger partial charge < -0.3 is 9.64 Å². The minimum Gasteiger partial charge on any atom is -0.444 e. The van der Waals surface area contributed by atoms with E-state index in [0.717, 1.165) is 5.39 Å². The number of nitrogens with zero attached hydrogens (tertiary/aromatic N) is 3. The summed E-state index contributed by atoms with van der Waals surface area (Å²) < 4.78 is 22.0. The first-order valence-corrected chi connectivity index (χ1v) is 8.84. The molecule has 2 heterocycles. The van der Waals surface area contributed by atoms with E-state index in [1.165, 1.54) is 6.07 Å². The third-order valence-electron chi connectivity index (χ3n) is 4.65. The van der Waals surface area contributed by atoms with Gasteiger partial charge >= 0.3 is 6.09 Å². The van der Waals surface area contributed by atoms with E-state index in [1.54, 1.807) is 4.90 Å².